The fourth-order valence-electron chi connectivity index (χ4n) is 1.62. The van der Waals surface area contributed by atoms with Crippen LogP contribution in [0.5, 0.6) is 0 Å². The lowest BCUT2D eigenvalue weighted by molar-refractivity contribution is 0.632. The molecule has 0 spiro atoms. The molecule has 4 heteroatoms. The summed E-state index contributed by atoms with van der Waals surface area (Å²) < 4.78 is 3.43. The van der Waals surface area contributed by atoms with Gasteiger partial charge in [0.2, 0.25) is 0 Å². The molecule has 0 N–H and O–H groups in total. The summed E-state index contributed by atoms with van der Waals surface area (Å²) in [4.78, 5) is 8.47. The van der Waals surface area contributed by atoms with Gasteiger partial charge >= 0.3 is 0 Å². The number of rotatable bonds is 1. The zero-order valence-electron chi connectivity index (χ0n) is 7.39. The molecule has 0 fully saturated rings. The van der Waals surface area contributed by atoms with Crippen molar-refractivity contribution in [1.29, 1.82) is 0 Å². The Bertz CT molecular complexity index is 515. The highest BCUT2D eigenvalue weighted by atomic mass is 127. The Morgan fingerprint density at radius 1 is 1.43 bits per heavy atom. The Labute approximate surface area is 95.0 Å². The van der Waals surface area contributed by atoms with Gasteiger partial charge in [0.25, 0.3) is 0 Å². The number of aliphatic imine (C=N–C) groups is 1. The highest BCUT2D eigenvalue weighted by Gasteiger charge is 2.16. The van der Waals surface area contributed by atoms with E-state index in [0.29, 0.717) is 6.04 Å². The molecule has 2 aromatic rings. The zero-order chi connectivity index (χ0) is 9.54. The molecule has 0 saturated heterocycles. The summed E-state index contributed by atoms with van der Waals surface area (Å²) in [5, 5.41) is 0. The van der Waals surface area contributed by atoms with Crippen molar-refractivity contribution in [3.8, 4) is 0 Å². The van der Waals surface area contributed by atoms with Crippen LogP contribution in [0, 0.1) is 3.57 Å². The van der Waals surface area contributed by atoms with Gasteiger partial charge in [0.15, 0.2) is 0 Å². The molecule has 1 aromatic carbocycles. The van der Waals surface area contributed by atoms with E-state index in [2.05, 4.69) is 55.3 Å². The maximum Gasteiger partial charge on any atom is 0.0965 e. The maximum absolute atomic E-state index is 4.36. The van der Waals surface area contributed by atoms with Crippen molar-refractivity contribution in [2.24, 2.45) is 4.99 Å². The van der Waals surface area contributed by atoms with Gasteiger partial charge in [-0.25, -0.2) is 4.98 Å². The molecular weight excluding hydrogens is 289 g/mol. The Morgan fingerprint density at radius 3 is 3.00 bits per heavy atom. The van der Waals surface area contributed by atoms with Crippen LogP contribution in [0.2, 0.25) is 0 Å². The highest BCUT2D eigenvalue weighted by molar-refractivity contribution is 14.1. The molecule has 3 nitrogen and oxygen atoms in total. The van der Waals surface area contributed by atoms with E-state index in [0.717, 1.165) is 12.1 Å². The number of hydrogen-bond donors (Lipinski definition) is 0. The molecule has 1 aliphatic heterocycles. The van der Waals surface area contributed by atoms with Crippen LogP contribution in [0.25, 0.3) is 11.0 Å². The summed E-state index contributed by atoms with van der Waals surface area (Å²) >= 11 is 2.32. The van der Waals surface area contributed by atoms with Gasteiger partial charge in [-0.1, -0.05) is 0 Å². The molecule has 14 heavy (non-hydrogen) atoms. The van der Waals surface area contributed by atoms with Gasteiger partial charge in [0.1, 0.15) is 0 Å². The first-order chi connectivity index (χ1) is 6.84. The van der Waals surface area contributed by atoms with Crippen LogP contribution < -0.4 is 0 Å². The quantitative estimate of drug-likeness (QED) is 0.743. The molecule has 2 heterocycles. The number of fused-ring (bicyclic) bond motifs is 1. The largest absolute Gasteiger partial charge is 0.320 e. The van der Waals surface area contributed by atoms with Gasteiger partial charge in [0.05, 0.1) is 29.9 Å². The summed E-state index contributed by atoms with van der Waals surface area (Å²) in [6, 6.07) is 6.71. The molecule has 1 atom stereocenters. The van der Waals surface area contributed by atoms with E-state index in [-0.39, 0.29) is 0 Å². The van der Waals surface area contributed by atoms with Crippen molar-refractivity contribution in [3.63, 3.8) is 0 Å². The average Bonchev–Trinajstić information content (AvgIpc) is 2.46. The van der Waals surface area contributed by atoms with E-state index in [1.54, 1.807) is 0 Å². The predicted octanol–water partition coefficient (Wildman–Crippen LogP) is 2.27. The van der Waals surface area contributed by atoms with Crippen LogP contribution >= 0.6 is 22.6 Å². The van der Waals surface area contributed by atoms with Crippen LogP contribution in [0.15, 0.2) is 29.5 Å². The van der Waals surface area contributed by atoms with Gasteiger partial charge < -0.3 is 4.57 Å². The summed E-state index contributed by atoms with van der Waals surface area (Å²) in [6.45, 7) is 0.886. The fourth-order valence-corrected chi connectivity index (χ4v) is 2.10. The summed E-state index contributed by atoms with van der Waals surface area (Å²) in [5.74, 6) is 0. The molecule has 3 rings (SSSR count). The van der Waals surface area contributed by atoms with Crippen LogP contribution in [0.3, 0.4) is 0 Å². The van der Waals surface area contributed by atoms with Crippen LogP contribution in [0.4, 0.5) is 0 Å². The Morgan fingerprint density at radius 2 is 2.29 bits per heavy atom. The lowest BCUT2D eigenvalue weighted by atomic mass is 10.2. The third-order valence-electron chi connectivity index (χ3n) is 2.46. The lowest BCUT2D eigenvalue weighted by Crippen LogP contribution is -2.20. The molecule has 70 valence electrons. The second-order valence-electron chi connectivity index (χ2n) is 3.37. The van der Waals surface area contributed by atoms with E-state index in [1.165, 1.54) is 9.09 Å². The number of benzene rings is 1. The molecule has 0 aliphatic carbocycles. The average molecular weight is 297 g/mol. The first-order valence-corrected chi connectivity index (χ1v) is 5.54. The van der Waals surface area contributed by atoms with Crippen molar-refractivity contribution in [3.05, 3.63) is 28.1 Å². The van der Waals surface area contributed by atoms with E-state index in [4.69, 9.17) is 0 Å². The number of nitrogens with zero attached hydrogens (tertiary/aromatic N) is 3. The van der Waals surface area contributed by atoms with Gasteiger partial charge in [-0.05, 0) is 40.8 Å². The summed E-state index contributed by atoms with van der Waals surface area (Å²) in [6.07, 6.45) is 3.87. The standard InChI is InChI=1S/C10H8IN3/c11-7-1-2-9-10(3-7)14(6-13-9)8-4-12-5-8/h1-4,6,8H,5H2. The summed E-state index contributed by atoms with van der Waals surface area (Å²) in [5.41, 5.74) is 2.26. The van der Waals surface area contributed by atoms with Crippen molar-refractivity contribution in [1.82, 2.24) is 9.55 Å². The Hall–Kier alpha value is -0.910. The van der Waals surface area contributed by atoms with E-state index < -0.39 is 0 Å². The first kappa shape index (κ1) is 8.40. The van der Waals surface area contributed by atoms with E-state index >= 15 is 0 Å². The zero-order valence-corrected chi connectivity index (χ0v) is 9.55. The Balaban J connectivity index is 2.23. The van der Waals surface area contributed by atoms with Gasteiger partial charge in [-0.3, -0.25) is 4.99 Å². The molecular formula is C10H8IN3. The minimum absolute atomic E-state index is 0.415. The third kappa shape index (κ3) is 1.17. The van der Waals surface area contributed by atoms with Crippen LogP contribution in [0.1, 0.15) is 6.04 Å². The van der Waals surface area contributed by atoms with Crippen LogP contribution in [-0.2, 0) is 0 Å². The SMILES string of the molecule is Ic1ccc2ncn(C3C=NC3)c2c1. The maximum atomic E-state index is 4.36. The molecule has 0 saturated carbocycles. The first-order valence-electron chi connectivity index (χ1n) is 4.46. The molecule has 0 bridgehead atoms. The number of imidazole rings is 1. The highest BCUT2D eigenvalue weighted by Crippen LogP contribution is 2.21. The lowest BCUT2D eigenvalue weighted by Gasteiger charge is -2.18. The Kier molecular flexibility index (Phi) is 1.83. The summed E-state index contributed by atoms with van der Waals surface area (Å²) in [7, 11) is 0. The van der Waals surface area contributed by atoms with Crippen molar-refractivity contribution < 1.29 is 0 Å². The van der Waals surface area contributed by atoms with Gasteiger partial charge in [-0.2, -0.15) is 0 Å². The second-order valence-corrected chi connectivity index (χ2v) is 4.61. The minimum atomic E-state index is 0.415. The van der Waals surface area contributed by atoms with Crippen molar-refractivity contribution in [2.45, 2.75) is 6.04 Å². The molecule has 0 amide bonds. The third-order valence-corrected chi connectivity index (χ3v) is 3.14. The molecule has 1 aromatic heterocycles. The van der Waals surface area contributed by atoms with Crippen LogP contribution in [-0.4, -0.2) is 22.3 Å². The van der Waals surface area contributed by atoms with Gasteiger partial charge in [0, 0.05) is 9.78 Å². The van der Waals surface area contributed by atoms with Crippen molar-refractivity contribution in [2.75, 3.05) is 6.54 Å². The molecule has 1 unspecified atom stereocenters. The smallest absolute Gasteiger partial charge is 0.0965 e. The molecule has 1 aliphatic rings. The number of aromatic nitrogens is 2. The van der Waals surface area contributed by atoms with E-state index in [9.17, 15) is 0 Å². The van der Waals surface area contributed by atoms with E-state index in [1.807, 2.05) is 12.5 Å². The molecule has 0 radical (unpaired) electrons. The number of halogens is 1. The van der Waals surface area contributed by atoms with Gasteiger partial charge in [-0.15, -0.1) is 0 Å². The second kappa shape index (κ2) is 3.05. The minimum Gasteiger partial charge on any atom is -0.320 e. The number of hydrogen-bond acceptors (Lipinski definition) is 2. The fraction of sp³-hybridized carbons (Fsp3) is 0.200. The van der Waals surface area contributed by atoms with Crippen molar-refractivity contribution >= 4 is 39.8 Å². The monoisotopic (exact) mass is 297 g/mol. The normalized spacial score (nSPS) is 19.9. The predicted molar refractivity (Wildman–Crippen MR) is 64.8 cm³/mol. The topological polar surface area (TPSA) is 30.2 Å².